The molecule has 0 bridgehead atoms. The lowest BCUT2D eigenvalue weighted by Crippen LogP contribution is -2.32. The van der Waals surface area contributed by atoms with E-state index in [4.69, 9.17) is 0 Å². The number of hydrogen-bond donors (Lipinski definition) is 4. The van der Waals surface area contributed by atoms with Crippen molar-refractivity contribution in [1.82, 2.24) is 0 Å². The molecule has 0 saturated heterocycles. The number of rotatable bonds is 4. The van der Waals surface area contributed by atoms with Crippen LogP contribution in [0, 0.1) is 0 Å². The van der Waals surface area contributed by atoms with Gasteiger partial charge in [-0.1, -0.05) is 97.1 Å². The van der Waals surface area contributed by atoms with Gasteiger partial charge in [-0.15, -0.1) is 0 Å². The second kappa shape index (κ2) is 7.97. The van der Waals surface area contributed by atoms with Gasteiger partial charge >= 0.3 is 14.2 Å². The van der Waals surface area contributed by atoms with E-state index in [1.165, 1.54) is 0 Å². The molecule has 4 nitrogen and oxygen atoms in total. The molecule has 0 aliphatic rings. The Kier molecular flexibility index (Phi) is 4.90. The van der Waals surface area contributed by atoms with Crippen LogP contribution in [-0.2, 0) is 0 Å². The molecular weight excluding hydrogens is 422 g/mol. The van der Waals surface area contributed by atoms with Crippen LogP contribution in [0.1, 0.15) is 0 Å². The molecule has 0 aromatic heterocycles. The lowest BCUT2D eigenvalue weighted by molar-refractivity contribution is 0.425. The van der Waals surface area contributed by atoms with Crippen LogP contribution in [0.5, 0.6) is 0 Å². The molecule has 162 valence electrons. The second-order valence-corrected chi connectivity index (χ2v) is 8.58. The third-order valence-electron chi connectivity index (χ3n) is 6.69. The first-order chi connectivity index (χ1) is 16.5. The molecule has 0 aliphatic heterocycles. The van der Waals surface area contributed by atoms with Gasteiger partial charge in [0, 0.05) is 0 Å². The maximum absolute atomic E-state index is 10.3. The van der Waals surface area contributed by atoms with Crippen molar-refractivity contribution in [3.63, 3.8) is 0 Å². The molecule has 6 rings (SSSR count). The lowest BCUT2D eigenvalue weighted by Gasteiger charge is -2.21. The summed E-state index contributed by atoms with van der Waals surface area (Å²) in [6, 6.07) is 31.2. The van der Waals surface area contributed by atoms with Crippen LogP contribution < -0.4 is 10.9 Å². The van der Waals surface area contributed by atoms with Gasteiger partial charge in [-0.3, -0.25) is 0 Å². The van der Waals surface area contributed by atoms with E-state index >= 15 is 0 Å². The molecule has 34 heavy (non-hydrogen) atoms. The lowest BCUT2D eigenvalue weighted by atomic mass is 9.70. The summed E-state index contributed by atoms with van der Waals surface area (Å²) >= 11 is 0. The molecule has 0 fully saturated rings. The molecule has 0 heterocycles. The minimum Gasteiger partial charge on any atom is -0.423 e. The topological polar surface area (TPSA) is 80.9 Å². The molecule has 6 aromatic rings. The maximum Gasteiger partial charge on any atom is 0.489 e. The van der Waals surface area contributed by atoms with Gasteiger partial charge in [0.2, 0.25) is 0 Å². The normalized spacial score (nSPS) is 11.5. The molecule has 0 aliphatic carbocycles. The zero-order valence-corrected chi connectivity index (χ0v) is 18.2. The Morgan fingerprint density at radius 3 is 1.12 bits per heavy atom. The van der Waals surface area contributed by atoms with Gasteiger partial charge in [-0.05, 0) is 65.5 Å². The van der Waals surface area contributed by atoms with Crippen LogP contribution in [0.2, 0.25) is 0 Å². The fraction of sp³-hybridized carbons (Fsp3) is 0. The quantitative estimate of drug-likeness (QED) is 0.250. The Hall–Kier alpha value is -3.67. The predicted molar refractivity (Wildman–Crippen MR) is 141 cm³/mol. The molecule has 6 heteroatoms. The molecule has 4 N–H and O–H groups in total. The molecule has 0 amide bonds. The van der Waals surface area contributed by atoms with E-state index in [9.17, 15) is 20.1 Å². The predicted octanol–water partition coefficient (Wildman–Crippen LogP) is 3.28. The summed E-state index contributed by atoms with van der Waals surface area (Å²) in [4.78, 5) is 0. The summed E-state index contributed by atoms with van der Waals surface area (Å²) in [6.45, 7) is 0. The third kappa shape index (κ3) is 3.12. The molecular formula is C28H20B2O4. The van der Waals surface area contributed by atoms with E-state index < -0.39 is 14.2 Å². The van der Waals surface area contributed by atoms with Crippen LogP contribution in [0.25, 0.3) is 54.6 Å². The number of hydrogen-bond acceptors (Lipinski definition) is 4. The van der Waals surface area contributed by atoms with Crippen molar-refractivity contribution in [2.24, 2.45) is 0 Å². The SMILES string of the molecule is OB(O)c1cc(-c2ccccc2)c2ccc3c(B(O)O)cc(-c4ccccc4)c4ccc1c2c34. The van der Waals surface area contributed by atoms with Crippen molar-refractivity contribution in [3.8, 4) is 22.3 Å². The minimum absolute atomic E-state index is 0.414. The Bertz CT molecular complexity index is 1520. The highest BCUT2D eigenvalue weighted by Gasteiger charge is 2.25. The average Bonchev–Trinajstić information content (AvgIpc) is 2.87. The molecule has 0 atom stereocenters. The summed E-state index contributed by atoms with van der Waals surface area (Å²) in [7, 11) is -3.30. The van der Waals surface area contributed by atoms with E-state index in [0.717, 1.165) is 54.6 Å². The van der Waals surface area contributed by atoms with E-state index in [0.29, 0.717) is 10.9 Å². The first-order valence-corrected chi connectivity index (χ1v) is 11.2. The van der Waals surface area contributed by atoms with Gasteiger partial charge in [0.05, 0.1) is 0 Å². The summed E-state index contributed by atoms with van der Waals surface area (Å²) in [5, 5.41) is 46.2. The summed E-state index contributed by atoms with van der Waals surface area (Å²) in [6.07, 6.45) is 0. The zero-order chi connectivity index (χ0) is 23.4. The fourth-order valence-electron chi connectivity index (χ4n) is 5.19. The molecule has 0 unspecified atom stereocenters. The molecule has 6 aromatic carbocycles. The Morgan fingerprint density at radius 1 is 0.412 bits per heavy atom. The van der Waals surface area contributed by atoms with Crippen molar-refractivity contribution in [3.05, 3.63) is 97.1 Å². The molecule has 0 radical (unpaired) electrons. The largest absolute Gasteiger partial charge is 0.489 e. The van der Waals surface area contributed by atoms with Gasteiger partial charge in [0.1, 0.15) is 0 Å². The molecule has 0 saturated carbocycles. The summed E-state index contributed by atoms with van der Waals surface area (Å²) < 4.78 is 0. The highest BCUT2D eigenvalue weighted by atomic mass is 16.4. The van der Waals surface area contributed by atoms with E-state index in [2.05, 4.69) is 0 Å². The van der Waals surface area contributed by atoms with Crippen LogP contribution in [0.15, 0.2) is 97.1 Å². The fourth-order valence-corrected chi connectivity index (χ4v) is 5.19. The van der Waals surface area contributed by atoms with Gasteiger partial charge in [-0.2, -0.15) is 0 Å². The smallest absolute Gasteiger partial charge is 0.423 e. The first kappa shape index (κ1) is 20.9. The maximum atomic E-state index is 10.3. The standard InChI is InChI=1S/C28H20B2O4/c31-29(32)25-15-23(17-7-3-1-4-8-17)19-11-13-22-26(30(33)34)16-24(18-9-5-2-6-10-18)20-12-14-21(25)27(19)28(20)22/h1-16,31-34H. The van der Waals surface area contributed by atoms with Gasteiger partial charge in [0.15, 0.2) is 0 Å². The van der Waals surface area contributed by atoms with Crippen molar-refractivity contribution in [2.75, 3.05) is 0 Å². The first-order valence-electron chi connectivity index (χ1n) is 11.2. The van der Waals surface area contributed by atoms with Gasteiger partial charge < -0.3 is 20.1 Å². The Morgan fingerprint density at radius 2 is 0.765 bits per heavy atom. The zero-order valence-electron chi connectivity index (χ0n) is 18.2. The number of benzene rings is 6. The second-order valence-electron chi connectivity index (χ2n) is 8.58. The van der Waals surface area contributed by atoms with Crippen LogP contribution in [-0.4, -0.2) is 34.3 Å². The van der Waals surface area contributed by atoms with Crippen molar-refractivity contribution >= 4 is 57.5 Å². The van der Waals surface area contributed by atoms with E-state index in [1.54, 1.807) is 0 Å². The highest BCUT2D eigenvalue weighted by molar-refractivity contribution is 6.65. The third-order valence-corrected chi connectivity index (χ3v) is 6.69. The van der Waals surface area contributed by atoms with E-state index in [1.807, 2.05) is 97.1 Å². The van der Waals surface area contributed by atoms with E-state index in [-0.39, 0.29) is 0 Å². The minimum atomic E-state index is -1.65. The average molecular weight is 442 g/mol. The monoisotopic (exact) mass is 442 g/mol. The summed E-state index contributed by atoms with van der Waals surface area (Å²) in [5.74, 6) is 0. The van der Waals surface area contributed by atoms with Gasteiger partial charge in [0.25, 0.3) is 0 Å². The van der Waals surface area contributed by atoms with Crippen LogP contribution in [0.4, 0.5) is 0 Å². The van der Waals surface area contributed by atoms with Crippen molar-refractivity contribution in [1.29, 1.82) is 0 Å². The van der Waals surface area contributed by atoms with Crippen molar-refractivity contribution in [2.45, 2.75) is 0 Å². The molecule has 0 spiro atoms. The highest BCUT2D eigenvalue weighted by Crippen LogP contribution is 2.41. The van der Waals surface area contributed by atoms with Crippen molar-refractivity contribution < 1.29 is 20.1 Å². The van der Waals surface area contributed by atoms with Crippen LogP contribution >= 0.6 is 0 Å². The Balaban J connectivity index is 1.85. The van der Waals surface area contributed by atoms with Gasteiger partial charge in [-0.25, -0.2) is 0 Å². The van der Waals surface area contributed by atoms with Crippen LogP contribution in [0.3, 0.4) is 0 Å². The Labute approximate surface area is 197 Å². The summed E-state index contributed by atoms with van der Waals surface area (Å²) in [5.41, 5.74) is 4.54.